The first-order chi connectivity index (χ1) is 9.71. The van der Waals surface area contributed by atoms with Gasteiger partial charge >= 0.3 is 0 Å². The normalized spacial score (nSPS) is 16.4. The van der Waals surface area contributed by atoms with E-state index < -0.39 is 5.41 Å². The van der Waals surface area contributed by atoms with Crippen molar-refractivity contribution in [2.75, 3.05) is 0 Å². The summed E-state index contributed by atoms with van der Waals surface area (Å²) in [7, 11) is 0. The maximum atomic E-state index is 12.5. The molecular formula is C15H16ClN3O. The van der Waals surface area contributed by atoms with E-state index in [0.29, 0.717) is 11.6 Å². The van der Waals surface area contributed by atoms with Gasteiger partial charge in [-0.3, -0.25) is 4.79 Å². The van der Waals surface area contributed by atoms with E-state index in [1.165, 1.54) is 0 Å². The lowest BCUT2D eigenvalue weighted by atomic mass is 9.64. The van der Waals surface area contributed by atoms with Gasteiger partial charge in [0.25, 0.3) is 0 Å². The van der Waals surface area contributed by atoms with Crippen LogP contribution in [0.4, 0.5) is 0 Å². The van der Waals surface area contributed by atoms with Crippen LogP contribution in [0.3, 0.4) is 0 Å². The molecule has 0 unspecified atom stereocenters. The van der Waals surface area contributed by atoms with E-state index in [-0.39, 0.29) is 5.91 Å². The van der Waals surface area contributed by atoms with Gasteiger partial charge in [0.2, 0.25) is 5.91 Å². The van der Waals surface area contributed by atoms with Crippen LogP contribution < -0.4 is 5.32 Å². The van der Waals surface area contributed by atoms with Crippen LogP contribution in [-0.2, 0) is 16.8 Å². The van der Waals surface area contributed by atoms with Gasteiger partial charge in [0.1, 0.15) is 5.82 Å². The zero-order valence-electron chi connectivity index (χ0n) is 11.0. The molecule has 3 rings (SSSR count). The lowest BCUT2D eigenvalue weighted by Gasteiger charge is -2.40. The predicted molar refractivity (Wildman–Crippen MR) is 77.4 cm³/mol. The molecule has 1 aromatic heterocycles. The predicted octanol–water partition coefficient (Wildman–Crippen LogP) is 2.80. The van der Waals surface area contributed by atoms with Crippen molar-refractivity contribution >= 4 is 17.5 Å². The number of amides is 1. The van der Waals surface area contributed by atoms with Gasteiger partial charge in [0.15, 0.2) is 0 Å². The highest BCUT2D eigenvalue weighted by molar-refractivity contribution is 6.30. The molecule has 1 saturated carbocycles. The average molecular weight is 290 g/mol. The number of carbonyl (C=O) groups excluding carboxylic acids is 1. The van der Waals surface area contributed by atoms with E-state index in [4.69, 9.17) is 11.6 Å². The lowest BCUT2D eigenvalue weighted by molar-refractivity contribution is -0.130. The van der Waals surface area contributed by atoms with E-state index in [1.54, 1.807) is 12.4 Å². The second-order valence-corrected chi connectivity index (χ2v) is 5.60. The van der Waals surface area contributed by atoms with Crippen molar-refractivity contribution in [2.45, 2.75) is 31.2 Å². The Hall–Kier alpha value is -1.81. The van der Waals surface area contributed by atoms with Gasteiger partial charge in [-0.2, -0.15) is 0 Å². The first-order valence-electron chi connectivity index (χ1n) is 6.73. The molecule has 2 N–H and O–H groups in total. The molecule has 20 heavy (non-hydrogen) atoms. The second kappa shape index (κ2) is 5.29. The molecule has 0 radical (unpaired) electrons. The summed E-state index contributed by atoms with van der Waals surface area (Å²) < 4.78 is 0. The maximum Gasteiger partial charge on any atom is 0.231 e. The minimum absolute atomic E-state index is 0.0717. The molecule has 0 atom stereocenters. The smallest absolute Gasteiger partial charge is 0.231 e. The topological polar surface area (TPSA) is 57.8 Å². The Morgan fingerprint density at radius 2 is 2.10 bits per heavy atom. The lowest BCUT2D eigenvalue weighted by Crippen LogP contribution is -2.49. The third-order valence-electron chi connectivity index (χ3n) is 4.01. The molecule has 1 aliphatic rings. The third kappa shape index (κ3) is 2.31. The fourth-order valence-electron chi connectivity index (χ4n) is 2.67. The minimum Gasteiger partial charge on any atom is -0.348 e. The van der Waals surface area contributed by atoms with Crippen LogP contribution in [-0.4, -0.2) is 15.9 Å². The van der Waals surface area contributed by atoms with E-state index in [2.05, 4.69) is 15.3 Å². The van der Waals surface area contributed by atoms with Crippen molar-refractivity contribution < 1.29 is 4.79 Å². The van der Waals surface area contributed by atoms with Crippen molar-refractivity contribution in [1.82, 2.24) is 15.3 Å². The third-order valence-corrected chi connectivity index (χ3v) is 4.26. The molecule has 1 aromatic carbocycles. The number of carbonyl (C=O) groups is 1. The van der Waals surface area contributed by atoms with Crippen LogP contribution >= 0.6 is 11.6 Å². The van der Waals surface area contributed by atoms with Crippen LogP contribution in [0.1, 0.15) is 30.7 Å². The molecule has 0 bridgehead atoms. The Morgan fingerprint density at radius 3 is 2.65 bits per heavy atom. The van der Waals surface area contributed by atoms with Gasteiger partial charge in [-0.15, -0.1) is 0 Å². The number of benzene rings is 1. The number of rotatable bonds is 4. The van der Waals surface area contributed by atoms with Crippen molar-refractivity contribution in [3.05, 3.63) is 53.1 Å². The summed E-state index contributed by atoms with van der Waals surface area (Å²) in [5, 5.41) is 3.67. The number of halogens is 1. The monoisotopic (exact) mass is 289 g/mol. The molecule has 4 nitrogen and oxygen atoms in total. The Morgan fingerprint density at radius 1 is 1.35 bits per heavy atom. The van der Waals surface area contributed by atoms with Gasteiger partial charge in [-0.25, -0.2) is 4.98 Å². The molecule has 5 heteroatoms. The summed E-state index contributed by atoms with van der Waals surface area (Å²) in [6.07, 6.45) is 6.29. The minimum atomic E-state index is -0.392. The summed E-state index contributed by atoms with van der Waals surface area (Å²) in [6.45, 7) is 0.432. The Bertz CT molecular complexity index is 588. The number of hydrogen-bond donors (Lipinski definition) is 2. The first kappa shape index (κ1) is 13.2. The van der Waals surface area contributed by atoms with Crippen LogP contribution in [0.25, 0.3) is 0 Å². The summed E-state index contributed by atoms with van der Waals surface area (Å²) in [5.41, 5.74) is 0.655. The average Bonchev–Trinajstić information content (AvgIpc) is 2.90. The highest BCUT2D eigenvalue weighted by Crippen LogP contribution is 2.44. The number of nitrogens with zero attached hydrogens (tertiary/aromatic N) is 1. The fourth-order valence-corrected chi connectivity index (χ4v) is 2.80. The Kier molecular flexibility index (Phi) is 3.49. The molecule has 0 saturated heterocycles. The van der Waals surface area contributed by atoms with Gasteiger partial charge in [-0.1, -0.05) is 30.2 Å². The van der Waals surface area contributed by atoms with Crippen LogP contribution in [0.15, 0.2) is 36.7 Å². The first-order valence-corrected chi connectivity index (χ1v) is 7.11. The summed E-state index contributed by atoms with van der Waals surface area (Å²) in [5.74, 6) is 0.839. The van der Waals surface area contributed by atoms with Crippen LogP contribution in [0.2, 0.25) is 5.02 Å². The highest BCUT2D eigenvalue weighted by atomic mass is 35.5. The number of aromatic amines is 1. The molecule has 1 heterocycles. The van der Waals surface area contributed by atoms with Crippen LogP contribution in [0, 0.1) is 0 Å². The van der Waals surface area contributed by atoms with E-state index in [1.807, 2.05) is 24.3 Å². The molecule has 0 aliphatic heterocycles. The standard InChI is InChI=1S/C15H16ClN3O/c16-12-4-2-11(3-5-12)15(6-1-7-15)14(20)19-10-13-17-8-9-18-13/h2-5,8-9H,1,6-7,10H2,(H,17,18)(H,19,20). The zero-order valence-corrected chi connectivity index (χ0v) is 11.8. The van der Waals surface area contributed by atoms with Gasteiger partial charge in [0.05, 0.1) is 12.0 Å². The molecule has 0 spiro atoms. The molecule has 2 aromatic rings. The number of nitrogens with one attached hydrogen (secondary N) is 2. The maximum absolute atomic E-state index is 12.5. The van der Waals surface area contributed by atoms with Crippen LogP contribution in [0.5, 0.6) is 0 Å². The van der Waals surface area contributed by atoms with Gasteiger partial charge < -0.3 is 10.3 Å². The number of hydrogen-bond acceptors (Lipinski definition) is 2. The number of imidazole rings is 1. The number of H-pyrrole nitrogens is 1. The molecule has 104 valence electrons. The second-order valence-electron chi connectivity index (χ2n) is 5.16. The summed E-state index contributed by atoms with van der Waals surface area (Å²) in [4.78, 5) is 19.6. The van der Waals surface area contributed by atoms with E-state index >= 15 is 0 Å². The molecule has 1 aliphatic carbocycles. The van der Waals surface area contributed by atoms with Crippen molar-refractivity contribution in [3.63, 3.8) is 0 Å². The Labute approximate surface area is 122 Å². The fraction of sp³-hybridized carbons (Fsp3) is 0.333. The summed E-state index contributed by atoms with van der Waals surface area (Å²) >= 11 is 5.92. The highest BCUT2D eigenvalue weighted by Gasteiger charge is 2.45. The SMILES string of the molecule is O=C(NCc1ncc[nH]1)C1(c2ccc(Cl)cc2)CCC1. The number of aromatic nitrogens is 2. The van der Waals surface area contributed by atoms with Gasteiger partial charge in [0, 0.05) is 17.4 Å². The molecule has 1 amide bonds. The van der Waals surface area contributed by atoms with E-state index in [0.717, 1.165) is 30.7 Å². The van der Waals surface area contributed by atoms with Crippen molar-refractivity contribution in [3.8, 4) is 0 Å². The van der Waals surface area contributed by atoms with Crippen molar-refractivity contribution in [2.24, 2.45) is 0 Å². The molecule has 1 fully saturated rings. The van der Waals surface area contributed by atoms with E-state index in [9.17, 15) is 4.79 Å². The summed E-state index contributed by atoms with van der Waals surface area (Å²) in [6, 6.07) is 7.59. The largest absolute Gasteiger partial charge is 0.348 e. The van der Waals surface area contributed by atoms with Crippen molar-refractivity contribution in [1.29, 1.82) is 0 Å². The van der Waals surface area contributed by atoms with Gasteiger partial charge in [-0.05, 0) is 30.5 Å². The zero-order chi connectivity index (χ0) is 14.0. The molecular weight excluding hydrogens is 274 g/mol. The Balaban J connectivity index is 1.74. The quantitative estimate of drug-likeness (QED) is 0.909.